The molecule has 0 spiro atoms. The van der Waals surface area contributed by atoms with Crippen molar-refractivity contribution in [2.75, 3.05) is 4.90 Å². The highest BCUT2D eigenvalue weighted by atomic mass is 15.1. The molecule has 9 aromatic carbocycles. The fourth-order valence-electron chi connectivity index (χ4n) is 7.26. The van der Waals surface area contributed by atoms with E-state index in [1.807, 2.05) is 0 Å². The third-order valence-corrected chi connectivity index (χ3v) is 10.0. The summed E-state index contributed by atoms with van der Waals surface area (Å²) in [6.45, 7) is 0. The topological polar surface area (TPSA) is 3.24 Å². The van der Waals surface area contributed by atoms with Gasteiger partial charge in [-0.2, -0.15) is 0 Å². The molecule has 53 heavy (non-hydrogen) atoms. The summed E-state index contributed by atoms with van der Waals surface area (Å²) >= 11 is 0. The maximum Gasteiger partial charge on any atom is 0.0467 e. The molecule has 0 aliphatic rings. The number of hydrogen-bond donors (Lipinski definition) is 0. The molecule has 0 unspecified atom stereocenters. The van der Waals surface area contributed by atoms with Gasteiger partial charge in [0.05, 0.1) is 0 Å². The predicted molar refractivity (Wildman–Crippen MR) is 226 cm³/mol. The van der Waals surface area contributed by atoms with Crippen molar-refractivity contribution in [2.45, 2.75) is 0 Å². The van der Waals surface area contributed by atoms with E-state index in [0.717, 1.165) is 17.1 Å². The predicted octanol–water partition coefficient (Wildman–Crippen LogP) is 14.6. The summed E-state index contributed by atoms with van der Waals surface area (Å²) in [7, 11) is 0. The van der Waals surface area contributed by atoms with E-state index in [1.54, 1.807) is 0 Å². The third kappa shape index (κ3) is 6.77. The largest absolute Gasteiger partial charge is 0.310 e. The van der Waals surface area contributed by atoms with E-state index in [2.05, 4.69) is 229 Å². The van der Waals surface area contributed by atoms with Crippen molar-refractivity contribution in [3.8, 4) is 55.6 Å². The van der Waals surface area contributed by atoms with Crippen LogP contribution in [0.15, 0.2) is 224 Å². The second kappa shape index (κ2) is 14.3. The first-order valence-electron chi connectivity index (χ1n) is 18.2. The number of benzene rings is 9. The highest BCUT2D eigenvalue weighted by molar-refractivity contribution is 5.89. The van der Waals surface area contributed by atoms with Crippen LogP contribution in [0.1, 0.15) is 0 Å². The lowest BCUT2D eigenvalue weighted by molar-refractivity contribution is 1.28. The van der Waals surface area contributed by atoms with E-state index in [9.17, 15) is 0 Å². The molecule has 0 aromatic heterocycles. The van der Waals surface area contributed by atoms with E-state index in [1.165, 1.54) is 66.4 Å². The van der Waals surface area contributed by atoms with Gasteiger partial charge in [-0.05, 0) is 121 Å². The summed E-state index contributed by atoms with van der Waals surface area (Å²) in [5, 5.41) is 2.49. The summed E-state index contributed by atoms with van der Waals surface area (Å²) in [5.41, 5.74) is 15.3. The summed E-state index contributed by atoms with van der Waals surface area (Å²) < 4.78 is 0. The van der Waals surface area contributed by atoms with Crippen LogP contribution >= 0.6 is 0 Å². The first-order chi connectivity index (χ1) is 26.2. The van der Waals surface area contributed by atoms with Crippen LogP contribution < -0.4 is 4.90 Å². The Kier molecular flexibility index (Phi) is 8.66. The Morgan fingerprint density at radius 3 is 1.06 bits per heavy atom. The maximum absolute atomic E-state index is 2.36. The molecule has 0 radical (unpaired) electrons. The van der Waals surface area contributed by atoms with Gasteiger partial charge in [0, 0.05) is 17.1 Å². The number of anilines is 3. The molecule has 0 fully saturated rings. The monoisotopic (exact) mass is 675 g/mol. The molecule has 0 N–H and O–H groups in total. The fourth-order valence-corrected chi connectivity index (χ4v) is 7.26. The number of nitrogens with zero attached hydrogens (tertiary/aromatic N) is 1. The van der Waals surface area contributed by atoms with E-state index < -0.39 is 0 Å². The lowest BCUT2D eigenvalue weighted by Crippen LogP contribution is -2.10. The Balaban J connectivity index is 1.09. The molecule has 1 nitrogen and oxygen atoms in total. The van der Waals surface area contributed by atoms with E-state index in [-0.39, 0.29) is 0 Å². The Morgan fingerprint density at radius 2 is 0.547 bits per heavy atom. The summed E-state index contributed by atoms with van der Waals surface area (Å²) in [4.78, 5) is 2.36. The minimum Gasteiger partial charge on any atom is -0.310 e. The minimum absolute atomic E-state index is 1.10. The highest BCUT2D eigenvalue weighted by Gasteiger charge is 2.15. The van der Waals surface area contributed by atoms with Crippen LogP contribution in [-0.2, 0) is 0 Å². The van der Waals surface area contributed by atoms with Gasteiger partial charge in [-0.3, -0.25) is 0 Å². The molecular weight excluding hydrogens is 639 g/mol. The lowest BCUT2D eigenvalue weighted by Gasteiger charge is -2.26. The molecule has 0 bridgehead atoms. The van der Waals surface area contributed by atoms with Gasteiger partial charge >= 0.3 is 0 Å². The molecule has 9 rings (SSSR count). The molecule has 0 atom stereocenters. The number of fused-ring (bicyclic) bond motifs is 1. The van der Waals surface area contributed by atoms with Crippen LogP contribution in [0.5, 0.6) is 0 Å². The van der Waals surface area contributed by atoms with Crippen molar-refractivity contribution in [1.29, 1.82) is 0 Å². The smallest absolute Gasteiger partial charge is 0.0467 e. The van der Waals surface area contributed by atoms with E-state index >= 15 is 0 Å². The van der Waals surface area contributed by atoms with Crippen molar-refractivity contribution in [3.63, 3.8) is 0 Å². The zero-order valence-corrected chi connectivity index (χ0v) is 29.3. The molecule has 0 aliphatic carbocycles. The van der Waals surface area contributed by atoms with E-state index in [4.69, 9.17) is 0 Å². The van der Waals surface area contributed by atoms with Crippen molar-refractivity contribution < 1.29 is 0 Å². The van der Waals surface area contributed by atoms with Crippen molar-refractivity contribution in [2.24, 2.45) is 0 Å². The zero-order valence-electron chi connectivity index (χ0n) is 29.3. The molecule has 1 heteroatoms. The minimum atomic E-state index is 1.10. The van der Waals surface area contributed by atoms with Crippen molar-refractivity contribution in [3.05, 3.63) is 224 Å². The first-order valence-corrected chi connectivity index (χ1v) is 18.2. The Labute approximate surface area is 311 Å². The van der Waals surface area contributed by atoms with Gasteiger partial charge in [-0.1, -0.05) is 170 Å². The quantitative estimate of drug-likeness (QED) is 0.155. The molecule has 0 saturated carbocycles. The summed E-state index contributed by atoms with van der Waals surface area (Å²) in [6, 6.07) is 80.8. The third-order valence-electron chi connectivity index (χ3n) is 10.0. The van der Waals surface area contributed by atoms with Crippen LogP contribution in [0.3, 0.4) is 0 Å². The molecule has 0 saturated heterocycles. The Bertz CT molecular complexity index is 2510. The molecule has 0 aliphatic heterocycles. The maximum atomic E-state index is 2.36. The molecular formula is C52H37N. The normalized spacial score (nSPS) is 11.0. The second-order valence-corrected chi connectivity index (χ2v) is 13.4. The SMILES string of the molecule is c1ccc(-c2cccc(-c3ccc(N(c4ccc(-c5cccc(-c6ccccc6)c5)cc4)c4cccc(-c5ccc6ccccc6c5)c4)cc3)c2)cc1. The van der Waals surface area contributed by atoms with Gasteiger partial charge in [0.25, 0.3) is 0 Å². The average Bonchev–Trinajstić information content (AvgIpc) is 3.25. The van der Waals surface area contributed by atoms with Crippen LogP contribution in [-0.4, -0.2) is 0 Å². The van der Waals surface area contributed by atoms with Crippen molar-refractivity contribution in [1.82, 2.24) is 0 Å². The first kappa shape index (κ1) is 32.0. The number of hydrogen-bond acceptors (Lipinski definition) is 1. The summed E-state index contributed by atoms with van der Waals surface area (Å²) in [6.07, 6.45) is 0. The number of rotatable bonds is 8. The van der Waals surface area contributed by atoms with Gasteiger partial charge in [-0.25, -0.2) is 0 Å². The van der Waals surface area contributed by atoms with Crippen LogP contribution in [0.2, 0.25) is 0 Å². The Morgan fingerprint density at radius 1 is 0.189 bits per heavy atom. The van der Waals surface area contributed by atoms with Crippen LogP contribution in [0, 0.1) is 0 Å². The van der Waals surface area contributed by atoms with Gasteiger partial charge < -0.3 is 4.90 Å². The van der Waals surface area contributed by atoms with E-state index in [0.29, 0.717) is 0 Å². The van der Waals surface area contributed by atoms with Gasteiger partial charge in [0.2, 0.25) is 0 Å². The molecule has 9 aromatic rings. The Hall–Kier alpha value is -6.96. The standard InChI is InChI=1S/C52H37N/c1-3-12-38(13-4-1)44-18-9-20-46(34-44)41-26-30-50(31-27-41)53(52-23-11-22-48(37-52)49-25-24-40-16-7-8-17-43(40)36-49)51-32-28-42(29-33-51)47-21-10-19-45(35-47)39-14-5-2-6-15-39/h1-37H. The average molecular weight is 676 g/mol. The van der Waals surface area contributed by atoms with Gasteiger partial charge in [0.1, 0.15) is 0 Å². The van der Waals surface area contributed by atoms with Gasteiger partial charge in [0.15, 0.2) is 0 Å². The molecule has 0 amide bonds. The van der Waals surface area contributed by atoms with Gasteiger partial charge in [-0.15, -0.1) is 0 Å². The second-order valence-electron chi connectivity index (χ2n) is 13.4. The molecule has 0 heterocycles. The molecule has 250 valence electrons. The van der Waals surface area contributed by atoms with Crippen LogP contribution in [0.4, 0.5) is 17.1 Å². The zero-order chi connectivity index (χ0) is 35.4. The fraction of sp³-hybridized carbons (Fsp3) is 0. The highest BCUT2D eigenvalue weighted by Crippen LogP contribution is 2.39. The lowest BCUT2D eigenvalue weighted by atomic mass is 9.98. The van der Waals surface area contributed by atoms with Crippen LogP contribution in [0.25, 0.3) is 66.4 Å². The van der Waals surface area contributed by atoms with Crippen molar-refractivity contribution >= 4 is 27.8 Å². The summed E-state index contributed by atoms with van der Waals surface area (Å²) in [5.74, 6) is 0.